The van der Waals surface area contributed by atoms with Gasteiger partial charge < -0.3 is 9.84 Å². The number of alkyl halides is 3. The van der Waals surface area contributed by atoms with Gasteiger partial charge in [-0.1, -0.05) is 44.4 Å². The molecule has 174 valence electrons. The zero-order chi connectivity index (χ0) is 23.8. The smallest absolute Gasteiger partial charge is 0.416 e. The van der Waals surface area contributed by atoms with Crippen LogP contribution in [-0.2, 0) is 6.18 Å². The van der Waals surface area contributed by atoms with Crippen molar-refractivity contribution < 1.29 is 27.8 Å². The quantitative estimate of drug-likeness (QED) is 0.319. The molecule has 3 rings (SSSR count). The van der Waals surface area contributed by atoms with E-state index in [9.17, 15) is 18.0 Å². The maximum absolute atomic E-state index is 12.8. The van der Waals surface area contributed by atoms with Crippen molar-refractivity contribution >= 4 is 5.97 Å². The van der Waals surface area contributed by atoms with Crippen molar-refractivity contribution in [3.63, 3.8) is 0 Å². The number of unbranched alkanes of at least 4 members (excludes halogenated alkanes) is 3. The first-order valence-corrected chi connectivity index (χ1v) is 10.9. The molecule has 0 amide bonds. The number of hydrogen-bond donors (Lipinski definition) is 1. The summed E-state index contributed by atoms with van der Waals surface area (Å²) in [6.45, 7) is 2.14. The summed E-state index contributed by atoms with van der Waals surface area (Å²) in [5, 5.41) is 9.07. The molecule has 7 heteroatoms. The van der Waals surface area contributed by atoms with Crippen LogP contribution in [0.1, 0.15) is 66.6 Å². The van der Waals surface area contributed by atoms with Crippen molar-refractivity contribution in [2.24, 2.45) is 0 Å². The average molecular weight is 457 g/mol. The lowest BCUT2D eigenvalue weighted by Gasteiger charge is -2.20. The highest BCUT2D eigenvalue weighted by atomic mass is 19.4. The molecule has 0 saturated carbocycles. The van der Waals surface area contributed by atoms with Crippen LogP contribution in [0.15, 0.2) is 66.9 Å². The van der Waals surface area contributed by atoms with Crippen LogP contribution in [0.3, 0.4) is 0 Å². The molecule has 0 saturated heterocycles. The number of benzene rings is 2. The van der Waals surface area contributed by atoms with E-state index >= 15 is 0 Å². The van der Waals surface area contributed by atoms with Crippen molar-refractivity contribution in [2.75, 3.05) is 0 Å². The molecule has 0 spiro atoms. The molecule has 33 heavy (non-hydrogen) atoms. The fourth-order valence-electron chi connectivity index (χ4n) is 3.49. The van der Waals surface area contributed by atoms with Gasteiger partial charge in [0.1, 0.15) is 11.9 Å². The van der Waals surface area contributed by atoms with Gasteiger partial charge in [0.2, 0.25) is 0 Å². The predicted octanol–water partition coefficient (Wildman–Crippen LogP) is 7.56. The first kappa shape index (κ1) is 24.3. The second-order valence-electron chi connectivity index (χ2n) is 7.84. The minimum Gasteiger partial charge on any atom is -0.486 e. The van der Waals surface area contributed by atoms with Gasteiger partial charge in [-0.15, -0.1) is 0 Å². The molecule has 1 N–H and O–H groups in total. The molecule has 3 aromatic rings. The molecule has 0 radical (unpaired) electrons. The van der Waals surface area contributed by atoms with Gasteiger partial charge in [-0.2, -0.15) is 13.2 Å². The van der Waals surface area contributed by atoms with Crippen LogP contribution in [0, 0.1) is 0 Å². The zero-order valence-electron chi connectivity index (χ0n) is 18.3. The van der Waals surface area contributed by atoms with E-state index in [1.165, 1.54) is 24.3 Å². The number of pyridine rings is 1. The van der Waals surface area contributed by atoms with E-state index < -0.39 is 17.7 Å². The van der Waals surface area contributed by atoms with Crippen molar-refractivity contribution in [1.82, 2.24) is 4.98 Å². The number of aromatic nitrogens is 1. The maximum atomic E-state index is 12.8. The Balaban J connectivity index is 1.77. The molecule has 4 nitrogen and oxygen atoms in total. The van der Waals surface area contributed by atoms with Gasteiger partial charge in [-0.3, -0.25) is 4.98 Å². The van der Waals surface area contributed by atoms with Gasteiger partial charge in [0.25, 0.3) is 0 Å². The third kappa shape index (κ3) is 6.81. The molecule has 1 heterocycles. The van der Waals surface area contributed by atoms with E-state index in [1.807, 2.05) is 6.07 Å². The van der Waals surface area contributed by atoms with Crippen LogP contribution < -0.4 is 4.74 Å². The second-order valence-corrected chi connectivity index (χ2v) is 7.84. The molecule has 1 atom stereocenters. The lowest BCUT2D eigenvalue weighted by Crippen LogP contribution is -2.09. The summed E-state index contributed by atoms with van der Waals surface area (Å²) in [6, 6.07) is 14.8. The van der Waals surface area contributed by atoms with Crippen LogP contribution in [0.2, 0.25) is 0 Å². The summed E-state index contributed by atoms with van der Waals surface area (Å²) in [5.74, 6) is -0.437. The Morgan fingerprint density at radius 3 is 2.21 bits per heavy atom. The lowest BCUT2D eigenvalue weighted by atomic mass is 10.0. The summed E-state index contributed by atoms with van der Waals surface area (Å²) in [6.07, 6.45) is 2.09. The minimum atomic E-state index is -4.37. The highest BCUT2D eigenvalue weighted by molar-refractivity contribution is 5.87. The van der Waals surface area contributed by atoms with Crippen LogP contribution in [0.4, 0.5) is 13.2 Å². The summed E-state index contributed by atoms with van der Waals surface area (Å²) >= 11 is 0. The number of aromatic carboxylic acids is 1. The van der Waals surface area contributed by atoms with Gasteiger partial charge >= 0.3 is 12.1 Å². The van der Waals surface area contributed by atoms with E-state index in [1.54, 1.807) is 24.4 Å². The third-order valence-electron chi connectivity index (χ3n) is 5.37. The Labute approximate surface area is 191 Å². The van der Waals surface area contributed by atoms with E-state index in [2.05, 4.69) is 11.9 Å². The number of rotatable bonds is 10. The van der Waals surface area contributed by atoms with E-state index in [-0.39, 0.29) is 11.7 Å². The highest BCUT2D eigenvalue weighted by Crippen LogP contribution is 2.32. The van der Waals surface area contributed by atoms with Crippen LogP contribution in [-0.4, -0.2) is 16.1 Å². The molecule has 1 aromatic heterocycles. The van der Waals surface area contributed by atoms with Gasteiger partial charge in [-0.25, -0.2) is 4.79 Å². The Morgan fingerprint density at radius 1 is 0.970 bits per heavy atom. The second kappa shape index (κ2) is 11.0. The first-order valence-electron chi connectivity index (χ1n) is 10.9. The molecule has 0 aliphatic carbocycles. The van der Waals surface area contributed by atoms with Gasteiger partial charge in [-0.05, 0) is 55.3 Å². The van der Waals surface area contributed by atoms with Gasteiger partial charge in [0.15, 0.2) is 0 Å². The molecule has 2 aromatic carbocycles. The fraction of sp³-hybridized carbons (Fsp3) is 0.308. The number of halogens is 3. The zero-order valence-corrected chi connectivity index (χ0v) is 18.3. The van der Waals surface area contributed by atoms with E-state index in [0.717, 1.165) is 49.8 Å². The van der Waals surface area contributed by atoms with Crippen LogP contribution in [0.5, 0.6) is 5.75 Å². The Morgan fingerprint density at radius 2 is 1.67 bits per heavy atom. The maximum Gasteiger partial charge on any atom is 0.416 e. The van der Waals surface area contributed by atoms with E-state index in [0.29, 0.717) is 17.0 Å². The van der Waals surface area contributed by atoms with E-state index in [4.69, 9.17) is 9.84 Å². The molecular formula is C26H26F3NO3. The summed E-state index contributed by atoms with van der Waals surface area (Å²) in [5.41, 5.74) is 1.51. The van der Waals surface area contributed by atoms with Crippen LogP contribution in [0.25, 0.3) is 11.3 Å². The van der Waals surface area contributed by atoms with Gasteiger partial charge in [0.05, 0.1) is 16.8 Å². The summed E-state index contributed by atoms with van der Waals surface area (Å²) in [4.78, 5) is 15.5. The summed E-state index contributed by atoms with van der Waals surface area (Å²) in [7, 11) is 0. The number of carboxylic acid groups (broad SMARTS) is 1. The topological polar surface area (TPSA) is 59.4 Å². The minimum absolute atomic E-state index is 0.185. The normalized spacial score (nSPS) is 12.4. The summed E-state index contributed by atoms with van der Waals surface area (Å²) < 4.78 is 44.5. The molecule has 0 fully saturated rings. The average Bonchev–Trinajstić information content (AvgIpc) is 2.81. The van der Waals surface area contributed by atoms with Crippen molar-refractivity contribution in [1.29, 1.82) is 0 Å². The Hall–Kier alpha value is -3.35. The Kier molecular flexibility index (Phi) is 8.09. The molecule has 0 aliphatic rings. The fourth-order valence-corrected chi connectivity index (χ4v) is 3.49. The SMILES string of the molecule is CCCCCC[C@@H](Oc1ccc(C(=O)O)cc1)c1ccc(-c2ccc(C(F)(F)F)cc2)nc1. The third-order valence-corrected chi connectivity index (χ3v) is 5.37. The number of ether oxygens (including phenoxy) is 1. The van der Waals surface area contributed by atoms with Crippen molar-refractivity contribution in [2.45, 2.75) is 51.3 Å². The molecular weight excluding hydrogens is 431 g/mol. The predicted molar refractivity (Wildman–Crippen MR) is 120 cm³/mol. The van der Waals surface area contributed by atoms with Gasteiger partial charge in [0, 0.05) is 17.3 Å². The number of carboxylic acids is 1. The largest absolute Gasteiger partial charge is 0.486 e. The molecule has 0 bridgehead atoms. The number of hydrogen-bond acceptors (Lipinski definition) is 3. The van der Waals surface area contributed by atoms with Crippen LogP contribution >= 0.6 is 0 Å². The molecule has 0 aliphatic heterocycles. The van der Waals surface area contributed by atoms with Crippen molar-refractivity contribution in [3.8, 4) is 17.0 Å². The number of carbonyl (C=O) groups is 1. The van der Waals surface area contributed by atoms with Crippen molar-refractivity contribution in [3.05, 3.63) is 83.6 Å². The lowest BCUT2D eigenvalue weighted by molar-refractivity contribution is -0.137. The monoisotopic (exact) mass is 457 g/mol. The first-order chi connectivity index (χ1) is 15.8. The Bertz CT molecular complexity index is 1030. The standard InChI is InChI=1S/C26H26F3NO3/c1-2-3-4-5-6-24(33-22-14-9-19(10-15-22)25(31)32)20-11-16-23(30-17-20)18-7-12-21(13-8-18)26(27,28)29/h7-17,24H,2-6H2,1H3,(H,31,32)/t24-/m1/s1. The highest BCUT2D eigenvalue weighted by Gasteiger charge is 2.30. The number of nitrogens with zero attached hydrogens (tertiary/aromatic N) is 1. The molecule has 0 unspecified atom stereocenters.